The van der Waals surface area contributed by atoms with E-state index in [9.17, 15) is 18.0 Å². The number of hydrogen-bond acceptors (Lipinski definition) is 2. The van der Waals surface area contributed by atoms with Gasteiger partial charge in [0.05, 0.1) is 5.56 Å². The first-order chi connectivity index (χ1) is 11.9. The molecule has 2 saturated heterocycles. The quantitative estimate of drug-likeness (QED) is 0.822. The predicted molar refractivity (Wildman–Crippen MR) is 90.2 cm³/mol. The highest BCUT2D eigenvalue weighted by molar-refractivity contribution is 5.76. The number of halogens is 3. The van der Waals surface area contributed by atoms with Crippen LogP contribution >= 0.6 is 0 Å². The van der Waals surface area contributed by atoms with Crippen LogP contribution in [-0.2, 0) is 11.0 Å². The molecular formula is C19H25F3N2O. The molecular weight excluding hydrogens is 329 g/mol. The lowest BCUT2D eigenvalue weighted by atomic mass is 9.87. The largest absolute Gasteiger partial charge is 0.416 e. The smallest absolute Gasteiger partial charge is 0.342 e. The van der Waals surface area contributed by atoms with E-state index >= 15 is 0 Å². The minimum absolute atomic E-state index is 0.0293. The summed E-state index contributed by atoms with van der Waals surface area (Å²) in [4.78, 5) is 16.3. The number of amides is 1. The molecule has 0 spiro atoms. The van der Waals surface area contributed by atoms with Crippen LogP contribution in [0, 0.1) is 5.92 Å². The number of likely N-dealkylation sites (tertiary alicyclic amines) is 2. The number of rotatable bonds is 4. The van der Waals surface area contributed by atoms with E-state index in [-0.39, 0.29) is 17.7 Å². The van der Waals surface area contributed by atoms with Gasteiger partial charge in [0, 0.05) is 32.0 Å². The van der Waals surface area contributed by atoms with E-state index in [1.165, 1.54) is 25.0 Å². The normalized spacial score (nSPS) is 24.9. The van der Waals surface area contributed by atoms with Crippen LogP contribution in [0.4, 0.5) is 13.2 Å². The molecule has 138 valence electrons. The summed E-state index contributed by atoms with van der Waals surface area (Å²) in [5.74, 6) is 0.247. The summed E-state index contributed by atoms with van der Waals surface area (Å²) in [5, 5.41) is 0. The van der Waals surface area contributed by atoms with Gasteiger partial charge in [0.1, 0.15) is 0 Å². The second kappa shape index (κ2) is 7.36. The Morgan fingerprint density at radius 1 is 1.20 bits per heavy atom. The summed E-state index contributed by atoms with van der Waals surface area (Å²) in [6.45, 7) is 5.95. The van der Waals surface area contributed by atoms with Crippen molar-refractivity contribution in [2.45, 2.75) is 38.3 Å². The molecule has 1 aromatic rings. The summed E-state index contributed by atoms with van der Waals surface area (Å²) in [7, 11) is 0. The van der Waals surface area contributed by atoms with Crippen LogP contribution in [0.5, 0.6) is 0 Å². The van der Waals surface area contributed by atoms with Crippen molar-refractivity contribution in [3.05, 3.63) is 35.4 Å². The number of alkyl halides is 3. The second-order valence-corrected chi connectivity index (χ2v) is 7.15. The van der Waals surface area contributed by atoms with Crippen molar-refractivity contribution in [3.63, 3.8) is 0 Å². The summed E-state index contributed by atoms with van der Waals surface area (Å²) < 4.78 is 39.2. The van der Waals surface area contributed by atoms with Gasteiger partial charge in [-0.3, -0.25) is 4.79 Å². The second-order valence-electron chi connectivity index (χ2n) is 7.15. The lowest BCUT2D eigenvalue weighted by molar-refractivity contribution is -0.137. The van der Waals surface area contributed by atoms with Gasteiger partial charge in [-0.25, -0.2) is 0 Å². The lowest BCUT2D eigenvalue weighted by Crippen LogP contribution is -2.32. The molecule has 1 amide bonds. The number of nitrogens with zero attached hydrogens (tertiary/aromatic N) is 2. The fraction of sp³-hybridized carbons (Fsp3) is 0.632. The van der Waals surface area contributed by atoms with Gasteiger partial charge in [-0.2, -0.15) is 13.2 Å². The zero-order chi connectivity index (χ0) is 18.0. The third-order valence-corrected chi connectivity index (χ3v) is 5.43. The van der Waals surface area contributed by atoms with Gasteiger partial charge in [0.15, 0.2) is 0 Å². The highest BCUT2D eigenvalue weighted by Crippen LogP contribution is 2.37. The molecule has 25 heavy (non-hydrogen) atoms. The third kappa shape index (κ3) is 4.17. The van der Waals surface area contributed by atoms with Crippen LogP contribution < -0.4 is 0 Å². The first-order valence-corrected chi connectivity index (χ1v) is 9.05. The molecule has 1 aromatic carbocycles. The molecule has 0 N–H and O–H groups in total. The highest BCUT2D eigenvalue weighted by Gasteiger charge is 2.38. The maximum atomic E-state index is 13.1. The first-order valence-electron chi connectivity index (χ1n) is 9.05. The van der Waals surface area contributed by atoms with E-state index in [0.29, 0.717) is 25.1 Å². The molecule has 6 heteroatoms. The van der Waals surface area contributed by atoms with Crippen LogP contribution in [0.25, 0.3) is 0 Å². The fourth-order valence-electron chi connectivity index (χ4n) is 4.10. The zero-order valence-electron chi connectivity index (χ0n) is 14.6. The predicted octanol–water partition coefficient (Wildman–Crippen LogP) is 3.75. The number of carbonyl (C=O) groups is 1. The monoisotopic (exact) mass is 354 g/mol. The van der Waals surface area contributed by atoms with Crippen molar-refractivity contribution in [2.75, 3.05) is 32.7 Å². The molecule has 0 saturated carbocycles. The Hall–Kier alpha value is -1.56. The van der Waals surface area contributed by atoms with Gasteiger partial charge < -0.3 is 9.80 Å². The number of benzene rings is 1. The van der Waals surface area contributed by atoms with Gasteiger partial charge in [-0.1, -0.05) is 25.1 Å². The van der Waals surface area contributed by atoms with Gasteiger partial charge in [0.25, 0.3) is 0 Å². The average Bonchev–Trinajstić information content (AvgIpc) is 3.24. The van der Waals surface area contributed by atoms with Crippen LogP contribution in [0.3, 0.4) is 0 Å². The van der Waals surface area contributed by atoms with Gasteiger partial charge in [-0.05, 0) is 43.5 Å². The molecule has 0 radical (unpaired) electrons. The van der Waals surface area contributed by atoms with Crippen molar-refractivity contribution in [1.82, 2.24) is 9.80 Å². The Morgan fingerprint density at radius 2 is 1.92 bits per heavy atom. The maximum Gasteiger partial charge on any atom is 0.416 e. The SMILES string of the molecule is CCC(=O)N1CC(CN2CCCC2)C(c2cccc(C(F)(F)F)c2)C1. The maximum absolute atomic E-state index is 13.1. The molecule has 2 unspecified atom stereocenters. The fourth-order valence-corrected chi connectivity index (χ4v) is 4.10. The van der Waals surface area contributed by atoms with E-state index in [4.69, 9.17) is 0 Å². The Morgan fingerprint density at radius 3 is 2.56 bits per heavy atom. The Kier molecular flexibility index (Phi) is 5.37. The molecule has 3 rings (SSSR count). The summed E-state index contributed by atoms with van der Waals surface area (Å²) in [6.07, 6.45) is -1.54. The average molecular weight is 354 g/mol. The van der Waals surface area contributed by atoms with Gasteiger partial charge in [-0.15, -0.1) is 0 Å². The lowest BCUT2D eigenvalue weighted by Gasteiger charge is -2.24. The van der Waals surface area contributed by atoms with Crippen molar-refractivity contribution in [3.8, 4) is 0 Å². The van der Waals surface area contributed by atoms with Gasteiger partial charge in [0.2, 0.25) is 5.91 Å². The van der Waals surface area contributed by atoms with Crippen LogP contribution in [0.2, 0.25) is 0 Å². The van der Waals surface area contributed by atoms with Crippen molar-refractivity contribution >= 4 is 5.91 Å². The minimum Gasteiger partial charge on any atom is -0.342 e. The molecule has 3 nitrogen and oxygen atoms in total. The highest BCUT2D eigenvalue weighted by atomic mass is 19.4. The Labute approximate surface area is 146 Å². The van der Waals surface area contributed by atoms with Crippen molar-refractivity contribution in [1.29, 1.82) is 0 Å². The Balaban J connectivity index is 1.83. The molecule has 0 bridgehead atoms. The standard InChI is InChI=1S/C19H25F3N2O/c1-2-18(25)24-12-15(11-23-8-3-4-9-23)17(13-24)14-6-5-7-16(10-14)19(20,21)22/h5-7,10,15,17H,2-4,8-9,11-13H2,1H3. The summed E-state index contributed by atoms with van der Waals surface area (Å²) >= 11 is 0. The molecule has 0 aliphatic carbocycles. The van der Waals surface area contributed by atoms with Crippen molar-refractivity contribution in [2.24, 2.45) is 5.92 Å². The van der Waals surface area contributed by atoms with Crippen LogP contribution in [0.15, 0.2) is 24.3 Å². The number of hydrogen-bond donors (Lipinski definition) is 0. The van der Waals surface area contributed by atoms with E-state index in [1.807, 2.05) is 11.8 Å². The summed E-state index contributed by atoms with van der Waals surface area (Å²) in [5.41, 5.74) is 0.0932. The zero-order valence-corrected chi connectivity index (χ0v) is 14.6. The minimum atomic E-state index is -4.34. The van der Waals surface area contributed by atoms with Crippen LogP contribution in [0.1, 0.15) is 43.2 Å². The van der Waals surface area contributed by atoms with E-state index in [1.54, 1.807) is 6.07 Å². The summed E-state index contributed by atoms with van der Waals surface area (Å²) in [6, 6.07) is 5.64. The van der Waals surface area contributed by atoms with E-state index < -0.39 is 11.7 Å². The topological polar surface area (TPSA) is 23.6 Å². The molecule has 2 aliphatic heterocycles. The van der Waals surface area contributed by atoms with Gasteiger partial charge >= 0.3 is 6.18 Å². The first kappa shape index (κ1) is 18.2. The Bertz CT molecular complexity index is 611. The molecule has 2 atom stereocenters. The molecule has 2 aliphatic rings. The number of carbonyl (C=O) groups excluding carboxylic acids is 1. The molecule has 2 fully saturated rings. The van der Waals surface area contributed by atoms with Crippen molar-refractivity contribution < 1.29 is 18.0 Å². The molecule has 0 aromatic heterocycles. The third-order valence-electron chi connectivity index (χ3n) is 5.43. The van der Waals surface area contributed by atoms with Crippen LogP contribution in [-0.4, -0.2) is 48.4 Å². The molecule has 2 heterocycles. The van der Waals surface area contributed by atoms with E-state index in [0.717, 1.165) is 25.7 Å². The van der Waals surface area contributed by atoms with E-state index in [2.05, 4.69) is 4.90 Å².